The number of benzene rings is 1. The molecule has 0 N–H and O–H groups in total. The highest BCUT2D eigenvalue weighted by atomic mass is 35.5. The van der Waals surface area contributed by atoms with Crippen LogP contribution in [0.25, 0.3) is 0 Å². The molecule has 1 aromatic carbocycles. The van der Waals surface area contributed by atoms with Crippen molar-refractivity contribution in [1.82, 2.24) is 0 Å². The lowest BCUT2D eigenvalue weighted by molar-refractivity contribution is -0.0499. The Morgan fingerprint density at radius 3 is 2.29 bits per heavy atom. The topological polar surface area (TPSA) is 52.6 Å². The molecule has 0 saturated heterocycles. The van der Waals surface area contributed by atoms with Crippen molar-refractivity contribution in [1.29, 1.82) is 0 Å². The molecule has 0 aromatic heterocycles. The van der Waals surface area contributed by atoms with Crippen LogP contribution in [0.15, 0.2) is 18.2 Å². The van der Waals surface area contributed by atoms with E-state index in [-0.39, 0.29) is 16.9 Å². The number of ether oxygens (including phenoxy) is 2. The van der Waals surface area contributed by atoms with Crippen LogP contribution in [-0.4, -0.2) is 24.9 Å². The first kappa shape index (κ1) is 13.4. The average molecular weight is 265 g/mol. The van der Waals surface area contributed by atoms with Crippen molar-refractivity contribution in [2.75, 3.05) is 7.11 Å². The molecule has 0 bridgehead atoms. The number of carbonyl (C=O) groups excluding carboxylic acids is 2. The van der Waals surface area contributed by atoms with Gasteiger partial charge in [0.05, 0.1) is 12.7 Å². The van der Waals surface area contributed by atoms with E-state index in [0.717, 1.165) is 25.3 Å². The van der Waals surface area contributed by atoms with Gasteiger partial charge >= 0.3 is 12.6 Å². The Hall–Kier alpha value is -1.69. The van der Waals surface area contributed by atoms with Crippen molar-refractivity contribution in [2.24, 2.45) is 0 Å². The van der Waals surface area contributed by atoms with E-state index in [9.17, 15) is 18.4 Å². The molecule has 92 valence electrons. The molecule has 0 aliphatic rings. The first-order valence-corrected chi connectivity index (χ1v) is 4.70. The lowest BCUT2D eigenvalue weighted by Crippen LogP contribution is -2.07. The first-order valence-electron chi connectivity index (χ1n) is 4.32. The van der Waals surface area contributed by atoms with Gasteiger partial charge in [0.15, 0.2) is 0 Å². The molecule has 4 nitrogen and oxygen atoms in total. The first-order chi connectivity index (χ1) is 7.93. The molecule has 0 amide bonds. The summed E-state index contributed by atoms with van der Waals surface area (Å²) in [5, 5.41) is -0.894. The third-order valence-electron chi connectivity index (χ3n) is 1.78. The van der Waals surface area contributed by atoms with Crippen molar-refractivity contribution in [3.05, 3.63) is 29.3 Å². The minimum atomic E-state index is -3.07. The molecular weight excluding hydrogens is 258 g/mol. The van der Waals surface area contributed by atoms with Gasteiger partial charge in [-0.1, -0.05) is 0 Å². The Morgan fingerprint density at radius 2 is 1.82 bits per heavy atom. The van der Waals surface area contributed by atoms with Gasteiger partial charge in [0.1, 0.15) is 5.75 Å². The third kappa shape index (κ3) is 3.67. The molecule has 0 radical (unpaired) electrons. The number of alkyl halides is 2. The highest BCUT2D eigenvalue weighted by molar-refractivity contribution is 6.67. The number of esters is 1. The zero-order chi connectivity index (χ0) is 13.0. The van der Waals surface area contributed by atoms with Gasteiger partial charge in [-0.15, -0.1) is 0 Å². The Morgan fingerprint density at radius 1 is 1.24 bits per heavy atom. The van der Waals surface area contributed by atoms with Gasteiger partial charge in [-0.05, 0) is 29.8 Å². The minimum absolute atomic E-state index is 0.102. The van der Waals surface area contributed by atoms with Crippen molar-refractivity contribution >= 4 is 22.8 Å². The van der Waals surface area contributed by atoms with E-state index in [0.29, 0.717) is 0 Å². The van der Waals surface area contributed by atoms with E-state index in [1.54, 1.807) is 0 Å². The average Bonchev–Trinajstić information content (AvgIpc) is 2.26. The predicted octanol–water partition coefficient (Wildman–Crippen LogP) is 2.45. The SMILES string of the molecule is COC(=O)c1cc(OC(F)F)cc(C(=O)Cl)c1. The molecule has 0 unspecified atom stereocenters. The molecule has 0 aliphatic carbocycles. The second kappa shape index (κ2) is 5.58. The standard InChI is InChI=1S/C10H7ClF2O4/c1-16-9(15)6-2-5(8(11)14)3-7(4-6)17-10(12)13/h2-4,10H,1H3. The van der Waals surface area contributed by atoms with Gasteiger partial charge in [0.2, 0.25) is 0 Å². The third-order valence-corrected chi connectivity index (χ3v) is 2.00. The summed E-state index contributed by atoms with van der Waals surface area (Å²) in [6, 6.07) is 3.16. The molecular formula is C10H7ClF2O4. The van der Waals surface area contributed by atoms with E-state index in [4.69, 9.17) is 11.6 Å². The summed E-state index contributed by atoms with van der Waals surface area (Å²) in [7, 11) is 1.12. The van der Waals surface area contributed by atoms with E-state index < -0.39 is 17.8 Å². The molecule has 7 heteroatoms. The fourth-order valence-corrected chi connectivity index (χ4v) is 1.23. The summed E-state index contributed by atoms with van der Waals surface area (Å²) in [5.74, 6) is -1.13. The van der Waals surface area contributed by atoms with Crippen molar-refractivity contribution in [2.45, 2.75) is 6.61 Å². The fourth-order valence-electron chi connectivity index (χ4n) is 1.12. The van der Waals surface area contributed by atoms with E-state index in [1.807, 2.05) is 0 Å². The lowest BCUT2D eigenvalue weighted by atomic mass is 10.1. The maximum Gasteiger partial charge on any atom is 0.387 e. The second-order valence-corrected chi connectivity index (χ2v) is 3.23. The van der Waals surface area contributed by atoms with Crippen LogP contribution in [0.1, 0.15) is 20.7 Å². The van der Waals surface area contributed by atoms with Crippen LogP contribution in [0, 0.1) is 0 Å². The normalized spacial score (nSPS) is 10.2. The maximum atomic E-state index is 12.0. The molecule has 0 heterocycles. The van der Waals surface area contributed by atoms with Crippen molar-refractivity contribution in [3.63, 3.8) is 0 Å². The van der Waals surface area contributed by atoms with Gasteiger partial charge in [0, 0.05) is 5.56 Å². The van der Waals surface area contributed by atoms with Crippen LogP contribution in [-0.2, 0) is 4.74 Å². The Kier molecular flexibility index (Phi) is 4.39. The summed E-state index contributed by atoms with van der Waals surface area (Å²) >= 11 is 5.20. The molecule has 0 saturated carbocycles. The zero-order valence-corrected chi connectivity index (χ0v) is 9.33. The van der Waals surface area contributed by atoms with Crippen molar-refractivity contribution < 1.29 is 27.8 Å². The molecule has 0 fully saturated rings. The monoisotopic (exact) mass is 264 g/mol. The van der Waals surface area contributed by atoms with Gasteiger partial charge in [-0.25, -0.2) is 4.79 Å². The predicted molar refractivity (Wildman–Crippen MR) is 54.6 cm³/mol. The smallest absolute Gasteiger partial charge is 0.387 e. The summed E-state index contributed by atoms with van der Waals surface area (Å²) in [6.07, 6.45) is 0. The summed E-state index contributed by atoms with van der Waals surface area (Å²) in [5.41, 5.74) is -0.236. The number of carbonyl (C=O) groups is 2. The van der Waals surface area contributed by atoms with Crippen molar-refractivity contribution in [3.8, 4) is 5.75 Å². The van der Waals surface area contributed by atoms with Gasteiger partial charge in [-0.2, -0.15) is 8.78 Å². The zero-order valence-electron chi connectivity index (χ0n) is 8.58. The van der Waals surface area contributed by atoms with Crippen LogP contribution in [0.4, 0.5) is 8.78 Å². The Bertz CT molecular complexity index is 448. The number of hydrogen-bond donors (Lipinski definition) is 0. The number of halogens is 3. The summed E-state index contributed by atoms with van der Waals surface area (Å²) in [6.45, 7) is -3.07. The molecule has 1 aromatic rings. The number of hydrogen-bond acceptors (Lipinski definition) is 4. The van der Waals surface area contributed by atoms with E-state index in [2.05, 4.69) is 9.47 Å². The van der Waals surface area contributed by atoms with Crippen LogP contribution in [0.5, 0.6) is 5.75 Å². The molecule has 0 aliphatic heterocycles. The highest BCUT2D eigenvalue weighted by Gasteiger charge is 2.14. The van der Waals surface area contributed by atoms with Gasteiger partial charge < -0.3 is 9.47 Å². The largest absolute Gasteiger partial charge is 0.465 e. The Balaban J connectivity index is 3.18. The molecule has 1 rings (SSSR count). The van der Waals surface area contributed by atoms with Crippen LogP contribution in [0.3, 0.4) is 0 Å². The quantitative estimate of drug-likeness (QED) is 0.619. The van der Waals surface area contributed by atoms with Gasteiger partial charge in [0.25, 0.3) is 5.24 Å². The minimum Gasteiger partial charge on any atom is -0.465 e. The van der Waals surface area contributed by atoms with Crippen LogP contribution >= 0.6 is 11.6 Å². The fraction of sp³-hybridized carbons (Fsp3) is 0.200. The Labute approximate surface area is 100 Å². The molecule has 17 heavy (non-hydrogen) atoms. The second-order valence-electron chi connectivity index (χ2n) is 2.89. The van der Waals surface area contributed by atoms with E-state index in [1.165, 1.54) is 0 Å². The van der Waals surface area contributed by atoms with Crippen LogP contribution < -0.4 is 4.74 Å². The summed E-state index contributed by atoms with van der Waals surface area (Å²) in [4.78, 5) is 22.1. The number of methoxy groups -OCH3 is 1. The van der Waals surface area contributed by atoms with Crippen LogP contribution in [0.2, 0.25) is 0 Å². The summed E-state index contributed by atoms with van der Waals surface area (Å²) < 4.78 is 32.5. The number of rotatable bonds is 4. The molecule has 0 spiro atoms. The van der Waals surface area contributed by atoms with Gasteiger partial charge in [-0.3, -0.25) is 4.79 Å². The highest BCUT2D eigenvalue weighted by Crippen LogP contribution is 2.21. The maximum absolute atomic E-state index is 12.0. The van der Waals surface area contributed by atoms with E-state index >= 15 is 0 Å². The lowest BCUT2D eigenvalue weighted by Gasteiger charge is -2.07. The molecule has 0 atom stereocenters.